The molecular formula is C24H22N2O5. The summed E-state index contributed by atoms with van der Waals surface area (Å²) in [6, 6.07) is 10.5. The van der Waals surface area contributed by atoms with Crippen molar-refractivity contribution in [3.05, 3.63) is 77.3 Å². The average Bonchev–Trinajstić information content (AvgIpc) is 3.27. The third-order valence-electron chi connectivity index (χ3n) is 4.65. The van der Waals surface area contributed by atoms with Crippen LogP contribution in [0.25, 0.3) is 6.08 Å². The van der Waals surface area contributed by atoms with Crippen LogP contribution in [0.4, 0.5) is 0 Å². The van der Waals surface area contributed by atoms with Crippen LogP contribution in [0.3, 0.4) is 0 Å². The van der Waals surface area contributed by atoms with E-state index in [4.69, 9.17) is 13.9 Å². The molecule has 0 spiro atoms. The standard InChI is InChI=1S/C24H22N2O5/c1-4-10-31-21-9-8-17(13-22(21)29-5-2)12-19-16(3)20(14-25)24(28)26(23(19)27)15-18-7-6-11-30-18/h4,6-9,11-13H,1,5,10,15H2,2-3H3/b19-12+. The number of benzene rings is 1. The lowest BCUT2D eigenvalue weighted by Crippen LogP contribution is -2.42. The summed E-state index contributed by atoms with van der Waals surface area (Å²) in [7, 11) is 0. The van der Waals surface area contributed by atoms with Gasteiger partial charge in [0.25, 0.3) is 11.8 Å². The Hall–Kier alpha value is -4.05. The molecule has 3 rings (SSSR count). The van der Waals surface area contributed by atoms with E-state index in [1.54, 1.807) is 49.4 Å². The lowest BCUT2D eigenvalue weighted by molar-refractivity contribution is -0.141. The number of nitriles is 1. The van der Waals surface area contributed by atoms with Crippen LogP contribution in [0.15, 0.2) is 70.4 Å². The topological polar surface area (TPSA) is 92.8 Å². The Morgan fingerprint density at radius 2 is 2.00 bits per heavy atom. The van der Waals surface area contributed by atoms with Crippen LogP contribution in [0.2, 0.25) is 0 Å². The second-order valence-electron chi connectivity index (χ2n) is 6.68. The van der Waals surface area contributed by atoms with E-state index >= 15 is 0 Å². The van der Waals surface area contributed by atoms with Gasteiger partial charge in [-0.3, -0.25) is 14.5 Å². The Labute approximate surface area is 180 Å². The van der Waals surface area contributed by atoms with E-state index in [0.717, 1.165) is 4.90 Å². The van der Waals surface area contributed by atoms with Crippen molar-refractivity contribution in [2.75, 3.05) is 13.2 Å². The first-order chi connectivity index (χ1) is 15.0. The molecule has 2 heterocycles. The fraction of sp³-hybridized carbons (Fsp3) is 0.208. The molecule has 0 N–H and O–H groups in total. The van der Waals surface area contributed by atoms with E-state index in [9.17, 15) is 14.9 Å². The van der Waals surface area contributed by atoms with Gasteiger partial charge in [-0.25, -0.2) is 0 Å². The first kappa shape index (κ1) is 21.7. The summed E-state index contributed by atoms with van der Waals surface area (Å²) in [4.78, 5) is 26.9. The Balaban J connectivity index is 2.02. The molecular weight excluding hydrogens is 396 g/mol. The summed E-state index contributed by atoms with van der Waals surface area (Å²) in [6.45, 7) is 7.80. The van der Waals surface area contributed by atoms with Gasteiger partial charge in [0, 0.05) is 5.57 Å². The van der Waals surface area contributed by atoms with Crippen LogP contribution in [0, 0.1) is 11.3 Å². The van der Waals surface area contributed by atoms with Crippen molar-refractivity contribution >= 4 is 17.9 Å². The second kappa shape index (κ2) is 9.63. The van der Waals surface area contributed by atoms with Gasteiger partial charge in [-0.05, 0) is 55.3 Å². The van der Waals surface area contributed by atoms with Crippen LogP contribution in [0.5, 0.6) is 11.5 Å². The molecule has 0 bridgehead atoms. The minimum Gasteiger partial charge on any atom is -0.490 e. The predicted molar refractivity (Wildman–Crippen MR) is 114 cm³/mol. The van der Waals surface area contributed by atoms with Crippen molar-refractivity contribution < 1.29 is 23.5 Å². The molecule has 1 aliphatic heterocycles. The molecule has 1 aromatic heterocycles. The number of hydrogen-bond acceptors (Lipinski definition) is 6. The molecule has 1 aromatic carbocycles. The SMILES string of the molecule is C=CCOc1ccc(/C=C2/C(=O)N(Cc3ccco3)C(=O)C(C#N)=C2C)cc1OCC. The van der Waals surface area contributed by atoms with E-state index in [1.165, 1.54) is 6.26 Å². The summed E-state index contributed by atoms with van der Waals surface area (Å²) in [5.74, 6) is 0.385. The van der Waals surface area contributed by atoms with Gasteiger partial charge in [0.05, 0.1) is 19.4 Å². The third-order valence-corrected chi connectivity index (χ3v) is 4.65. The van der Waals surface area contributed by atoms with Gasteiger partial charge in [-0.1, -0.05) is 18.7 Å². The molecule has 0 fully saturated rings. The molecule has 0 radical (unpaired) electrons. The maximum absolute atomic E-state index is 13.1. The summed E-state index contributed by atoms with van der Waals surface area (Å²) in [5, 5.41) is 9.52. The smallest absolute Gasteiger partial charge is 0.272 e. The maximum Gasteiger partial charge on any atom is 0.272 e. The molecule has 0 saturated carbocycles. The van der Waals surface area contributed by atoms with Gasteiger partial charge in [0.15, 0.2) is 11.5 Å². The molecule has 0 unspecified atom stereocenters. The van der Waals surface area contributed by atoms with Crippen molar-refractivity contribution in [1.29, 1.82) is 5.26 Å². The number of furan rings is 1. The molecule has 1 aliphatic rings. The summed E-state index contributed by atoms with van der Waals surface area (Å²) in [5.41, 5.74) is 1.18. The third kappa shape index (κ3) is 4.59. The lowest BCUT2D eigenvalue weighted by atomic mass is 9.93. The Morgan fingerprint density at radius 1 is 1.19 bits per heavy atom. The fourth-order valence-electron chi connectivity index (χ4n) is 3.15. The monoisotopic (exact) mass is 418 g/mol. The van der Waals surface area contributed by atoms with Crippen molar-refractivity contribution in [3.8, 4) is 17.6 Å². The molecule has 0 atom stereocenters. The van der Waals surface area contributed by atoms with Crippen molar-refractivity contribution in [2.24, 2.45) is 0 Å². The number of amides is 2. The van der Waals surface area contributed by atoms with Gasteiger partial charge in [0.2, 0.25) is 0 Å². The van der Waals surface area contributed by atoms with Crippen LogP contribution in [-0.4, -0.2) is 29.9 Å². The second-order valence-corrected chi connectivity index (χ2v) is 6.68. The van der Waals surface area contributed by atoms with Crippen LogP contribution < -0.4 is 9.47 Å². The van der Waals surface area contributed by atoms with Crippen LogP contribution >= 0.6 is 0 Å². The van der Waals surface area contributed by atoms with Crippen molar-refractivity contribution in [3.63, 3.8) is 0 Å². The number of ether oxygens (including phenoxy) is 2. The Bertz CT molecular complexity index is 1100. The molecule has 0 aliphatic carbocycles. The molecule has 7 heteroatoms. The van der Waals surface area contributed by atoms with E-state index in [-0.39, 0.29) is 17.7 Å². The molecule has 158 valence electrons. The summed E-state index contributed by atoms with van der Waals surface area (Å²) in [6.07, 6.45) is 4.73. The summed E-state index contributed by atoms with van der Waals surface area (Å²) >= 11 is 0. The Morgan fingerprint density at radius 3 is 2.65 bits per heavy atom. The van der Waals surface area contributed by atoms with Crippen LogP contribution in [0.1, 0.15) is 25.2 Å². The highest BCUT2D eigenvalue weighted by Gasteiger charge is 2.35. The highest BCUT2D eigenvalue weighted by atomic mass is 16.5. The zero-order valence-electron chi connectivity index (χ0n) is 17.4. The first-order valence-electron chi connectivity index (χ1n) is 9.72. The first-order valence-corrected chi connectivity index (χ1v) is 9.72. The molecule has 0 saturated heterocycles. The number of hydrogen-bond donors (Lipinski definition) is 0. The minimum absolute atomic E-state index is 0.0566. The number of carbonyl (C=O) groups is 2. The lowest BCUT2D eigenvalue weighted by Gasteiger charge is -2.26. The zero-order chi connectivity index (χ0) is 22.4. The van der Waals surface area contributed by atoms with Crippen molar-refractivity contribution in [1.82, 2.24) is 4.90 Å². The largest absolute Gasteiger partial charge is 0.490 e. The number of nitrogens with zero attached hydrogens (tertiary/aromatic N) is 2. The molecule has 2 aromatic rings. The quantitative estimate of drug-likeness (QED) is 0.365. The van der Waals surface area contributed by atoms with E-state index in [2.05, 4.69) is 6.58 Å². The van der Waals surface area contributed by atoms with Gasteiger partial charge in [0.1, 0.15) is 24.0 Å². The minimum atomic E-state index is -0.637. The number of rotatable bonds is 8. The normalized spacial score (nSPS) is 15.3. The van der Waals surface area contributed by atoms with Gasteiger partial charge < -0.3 is 13.9 Å². The number of carbonyl (C=O) groups excluding carboxylic acids is 2. The highest BCUT2D eigenvalue weighted by molar-refractivity contribution is 6.19. The number of imide groups is 1. The van der Waals surface area contributed by atoms with E-state index in [0.29, 0.717) is 41.6 Å². The van der Waals surface area contributed by atoms with Crippen LogP contribution in [-0.2, 0) is 16.1 Å². The fourth-order valence-corrected chi connectivity index (χ4v) is 3.15. The van der Waals surface area contributed by atoms with Gasteiger partial charge in [-0.15, -0.1) is 0 Å². The van der Waals surface area contributed by atoms with Gasteiger partial charge >= 0.3 is 0 Å². The summed E-state index contributed by atoms with van der Waals surface area (Å²) < 4.78 is 16.5. The van der Waals surface area contributed by atoms with E-state index in [1.807, 2.05) is 13.0 Å². The molecule has 2 amide bonds. The van der Waals surface area contributed by atoms with Crippen molar-refractivity contribution in [2.45, 2.75) is 20.4 Å². The maximum atomic E-state index is 13.1. The Kier molecular flexibility index (Phi) is 6.73. The predicted octanol–water partition coefficient (Wildman–Crippen LogP) is 4.04. The average molecular weight is 418 g/mol. The zero-order valence-corrected chi connectivity index (χ0v) is 17.4. The molecule has 7 nitrogen and oxygen atoms in total. The van der Waals surface area contributed by atoms with Gasteiger partial charge in [-0.2, -0.15) is 5.26 Å². The highest BCUT2D eigenvalue weighted by Crippen LogP contribution is 2.32. The molecule has 31 heavy (non-hydrogen) atoms. The van der Waals surface area contributed by atoms with E-state index < -0.39 is 11.8 Å².